The molecule has 0 aliphatic heterocycles. The minimum Gasteiger partial charge on any atom is -0.481 e. The number of hydrogen-bond donors (Lipinski definition) is 7. The van der Waals surface area contributed by atoms with Crippen LogP contribution in [-0.2, 0) is 14.4 Å². The molecule has 10 nitrogen and oxygen atoms in total. The zero-order valence-electron chi connectivity index (χ0n) is 16.9. The summed E-state index contributed by atoms with van der Waals surface area (Å²) in [6.07, 6.45) is -3.07. The van der Waals surface area contributed by atoms with Gasteiger partial charge in [-0.2, -0.15) is 0 Å². The second-order valence-corrected chi connectivity index (χ2v) is 7.10. The van der Waals surface area contributed by atoms with Crippen LogP contribution in [0.3, 0.4) is 0 Å². The van der Waals surface area contributed by atoms with Crippen LogP contribution in [0.5, 0.6) is 0 Å². The van der Waals surface area contributed by atoms with Crippen LogP contribution in [-0.4, -0.2) is 69.1 Å². The summed E-state index contributed by atoms with van der Waals surface area (Å²) in [4.78, 5) is 35.4. The maximum absolute atomic E-state index is 12.4. The van der Waals surface area contributed by atoms with Crippen molar-refractivity contribution < 1.29 is 34.8 Å². The number of amides is 2. The number of carbonyl (C=O) groups excluding carboxylic acids is 2. The molecule has 1 aromatic rings. The van der Waals surface area contributed by atoms with Gasteiger partial charge in [0.2, 0.25) is 5.91 Å². The summed E-state index contributed by atoms with van der Waals surface area (Å²) in [7, 11) is 0. The van der Waals surface area contributed by atoms with Crippen LogP contribution in [0.2, 0.25) is 0 Å². The molecule has 0 unspecified atom stereocenters. The maximum atomic E-state index is 12.4. The molecule has 0 bridgehead atoms. The smallest absolute Gasteiger partial charge is 0.305 e. The SMILES string of the molecule is CCC[C@H](N)C(=O)N[C@@H](CO)C[C@@H](O)[C@H](O)C(=O)N[C@@H](CC(=O)O)c1ccccc1. The number of benzene rings is 1. The van der Waals surface area contributed by atoms with Gasteiger partial charge in [0.05, 0.1) is 37.3 Å². The highest BCUT2D eigenvalue weighted by Gasteiger charge is 2.30. The van der Waals surface area contributed by atoms with Gasteiger partial charge in [-0.25, -0.2) is 0 Å². The van der Waals surface area contributed by atoms with Crippen molar-refractivity contribution in [1.82, 2.24) is 10.6 Å². The van der Waals surface area contributed by atoms with E-state index in [-0.39, 0.29) is 6.42 Å². The fourth-order valence-electron chi connectivity index (χ4n) is 2.89. The predicted octanol–water partition coefficient (Wildman–Crippen LogP) is -0.965. The quantitative estimate of drug-likeness (QED) is 0.211. The van der Waals surface area contributed by atoms with Crippen LogP contribution in [0.15, 0.2) is 30.3 Å². The van der Waals surface area contributed by atoms with Crippen LogP contribution < -0.4 is 16.4 Å². The lowest BCUT2D eigenvalue weighted by molar-refractivity contribution is -0.139. The Bertz CT molecular complexity index is 686. The van der Waals surface area contributed by atoms with Crippen molar-refractivity contribution in [1.29, 1.82) is 0 Å². The molecule has 30 heavy (non-hydrogen) atoms. The average Bonchev–Trinajstić information content (AvgIpc) is 2.72. The first-order valence-corrected chi connectivity index (χ1v) is 9.79. The molecule has 0 fully saturated rings. The van der Waals surface area contributed by atoms with Gasteiger partial charge in [0.25, 0.3) is 5.91 Å². The Balaban J connectivity index is 2.72. The van der Waals surface area contributed by atoms with Crippen molar-refractivity contribution in [3.8, 4) is 0 Å². The third-order valence-electron chi connectivity index (χ3n) is 4.56. The van der Waals surface area contributed by atoms with Crippen LogP contribution in [0.25, 0.3) is 0 Å². The second-order valence-electron chi connectivity index (χ2n) is 7.10. The largest absolute Gasteiger partial charge is 0.481 e. The lowest BCUT2D eigenvalue weighted by Crippen LogP contribution is -2.50. The first-order valence-electron chi connectivity index (χ1n) is 9.79. The fourth-order valence-corrected chi connectivity index (χ4v) is 2.89. The molecule has 0 radical (unpaired) electrons. The van der Waals surface area contributed by atoms with E-state index in [2.05, 4.69) is 10.6 Å². The number of carbonyl (C=O) groups is 3. The van der Waals surface area contributed by atoms with Gasteiger partial charge in [-0.15, -0.1) is 0 Å². The Labute approximate surface area is 175 Å². The third kappa shape index (κ3) is 8.46. The summed E-state index contributed by atoms with van der Waals surface area (Å²) in [6.45, 7) is 1.34. The van der Waals surface area contributed by atoms with Gasteiger partial charge in [-0.3, -0.25) is 14.4 Å². The number of rotatable bonds is 13. The summed E-state index contributed by atoms with van der Waals surface area (Å²) in [5, 5.41) is 43.8. The number of nitrogens with two attached hydrogens (primary N) is 1. The molecule has 1 aromatic carbocycles. The monoisotopic (exact) mass is 425 g/mol. The van der Waals surface area contributed by atoms with Crippen molar-refractivity contribution in [3.63, 3.8) is 0 Å². The van der Waals surface area contributed by atoms with Crippen molar-refractivity contribution >= 4 is 17.8 Å². The number of nitrogens with one attached hydrogen (secondary N) is 2. The highest BCUT2D eigenvalue weighted by Crippen LogP contribution is 2.17. The van der Waals surface area contributed by atoms with Gasteiger partial charge in [0.1, 0.15) is 0 Å². The number of aliphatic carboxylic acids is 1. The van der Waals surface area contributed by atoms with Crippen LogP contribution in [0.1, 0.15) is 44.2 Å². The number of carboxylic acids is 1. The lowest BCUT2D eigenvalue weighted by Gasteiger charge is -2.25. The van der Waals surface area contributed by atoms with E-state index in [1.165, 1.54) is 0 Å². The van der Waals surface area contributed by atoms with E-state index in [0.29, 0.717) is 18.4 Å². The van der Waals surface area contributed by atoms with Crippen LogP contribution in [0.4, 0.5) is 0 Å². The van der Waals surface area contributed by atoms with Crippen molar-refractivity contribution in [2.45, 2.75) is 62.9 Å². The molecule has 0 aromatic heterocycles. The van der Waals surface area contributed by atoms with Gasteiger partial charge in [-0.05, 0) is 18.4 Å². The fraction of sp³-hybridized carbons (Fsp3) is 0.550. The summed E-state index contributed by atoms with van der Waals surface area (Å²) in [6, 6.07) is 5.77. The molecule has 0 aliphatic rings. The zero-order valence-corrected chi connectivity index (χ0v) is 16.9. The molecule has 0 saturated heterocycles. The predicted molar refractivity (Wildman–Crippen MR) is 108 cm³/mol. The number of hydrogen-bond acceptors (Lipinski definition) is 7. The molecule has 2 amide bonds. The van der Waals surface area contributed by atoms with E-state index in [4.69, 9.17) is 10.8 Å². The number of aliphatic hydroxyl groups excluding tert-OH is 3. The highest BCUT2D eigenvalue weighted by molar-refractivity contribution is 5.83. The molecule has 0 saturated carbocycles. The molecule has 168 valence electrons. The van der Waals surface area contributed by atoms with Crippen molar-refractivity contribution in [3.05, 3.63) is 35.9 Å². The van der Waals surface area contributed by atoms with Gasteiger partial charge in [-0.1, -0.05) is 43.7 Å². The van der Waals surface area contributed by atoms with Gasteiger partial charge >= 0.3 is 5.97 Å². The number of carboxylic acid groups (broad SMARTS) is 1. The van der Waals surface area contributed by atoms with Gasteiger partial charge < -0.3 is 36.8 Å². The first kappa shape index (κ1) is 25.5. The average molecular weight is 425 g/mol. The molecule has 1 rings (SSSR count). The molecule has 0 spiro atoms. The minimum absolute atomic E-state index is 0.301. The Morgan fingerprint density at radius 2 is 1.70 bits per heavy atom. The summed E-state index contributed by atoms with van der Waals surface area (Å²) < 4.78 is 0. The standard InChI is InChI=1S/C20H31N3O7/c1-2-6-14(21)19(29)22-13(11-24)9-16(25)18(28)20(30)23-15(10-17(26)27)12-7-4-3-5-8-12/h3-5,7-8,13-16,18,24-25,28H,2,6,9-11,21H2,1H3,(H,22,29)(H,23,30)(H,26,27)/t13-,14+,15+,16-,18+/m1/s1. The molecular weight excluding hydrogens is 394 g/mol. The highest BCUT2D eigenvalue weighted by atomic mass is 16.4. The molecule has 10 heteroatoms. The first-order chi connectivity index (χ1) is 14.2. The Hall–Kier alpha value is -2.53. The van der Waals surface area contributed by atoms with E-state index < -0.39 is 61.1 Å². The lowest BCUT2D eigenvalue weighted by atomic mass is 10.0. The van der Waals surface area contributed by atoms with Crippen LogP contribution >= 0.6 is 0 Å². The molecule has 5 atom stereocenters. The zero-order chi connectivity index (χ0) is 22.7. The van der Waals surface area contributed by atoms with E-state index in [9.17, 15) is 29.7 Å². The van der Waals surface area contributed by atoms with Gasteiger partial charge in [0, 0.05) is 0 Å². The molecular formula is C20H31N3O7. The molecule has 0 heterocycles. The summed E-state index contributed by atoms with van der Waals surface area (Å²) >= 11 is 0. The second kappa shape index (κ2) is 12.9. The van der Waals surface area contributed by atoms with Crippen LogP contribution in [0, 0.1) is 0 Å². The maximum Gasteiger partial charge on any atom is 0.305 e. The topological polar surface area (TPSA) is 182 Å². The number of aliphatic hydroxyl groups is 3. The van der Waals surface area contributed by atoms with E-state index in [1.807, 2.05) is 6.92 Å². The Kier molecular flexibility index (Phi) is 11.0. The Morgan fingerprint density at radius 3 is 2.23 bits per heavy atom. The summed E-state index contributed by atoms with van der Waals surface area (Å²) in [5.41, 5.74) is 6.23. The van der Waals surface area contributed by atoms with E-state index in [1.54, 1.807) is 30.3 Å². The molecule has 8 N–H and O–H groups in total. The van der Waals surface area contributed by atoms with Crippen molar-refractivity contribution in [2.24, 2.45) is 5.73 Å². The Morgan fingerprint density at radius 1 is 1.07 bits per heavy atom. The van der Waals surface area contributed by atoms with E-state index >= 15 is 0 Å². The minimum atomic E-state index is -1.89. The summed E-state index contributed by atoms with van der Waals surface area (Å²) in [5.74, 6) is -2.62. The van der Waals surface area contributed by atoms with Crippen molar-refractivity contribution in [2.75, 3.05) is 6.61 Å². The third-order valence-corrected chi connectivity index (χ3v) is 4.56. The molecule has 0 aliphatic carbocycles. The van der Waals surface area contributed by atoms with E-state index in [0.717, 1.165) is 0 Å². The van der Waals surface area contributed by atoms with Gasteiger partial charge in [0.15, 0.2) is 6.10 Å². The normalized spacial score (nSPS) is 16.0.